The molecule has 1 saturated heterocycles. The van der Waals surface area contributed by atoms with Gasteiger partial charge in [-0.25, -0.2) is 4.79 Å². The first-order valence-electron chi connectivity index (χ1n) is 9.95. The highest BCUT2D eigenvalue weighted by Gasteiger charge is 2.45. The van der Waals surface area contributed by atoms with Crippen LogP contribution < -0.4 is 15.1 Å². The van der Waals surface area contributed by atoms with Gasteiger partial charge in [-0.05, 0) is 32.4 Å². The highest BCUT2D eigenvalue weighted by Crippen LogP contribution is 2.46. The monoisotopic (exact) mass is 422 g/mol. The molecule has 4 rings (SSSR count). The average molecular weight is 422 g/mol. The molecule has 9 nitrogen and oxygen atoms in total. The van der Waals surface area contributed by atoms with Crippen molar-refractivity contribution < 1.29 is 39.1 Å². The quantitative estimate of drug-likeness (QED) is 0.518. The smallest absolute Gasteiger partial charge is 0.336 e. The van der Waals surface area contributed by atoms with Gasteiger partial charge < -0.3 is 39.1 Å². The van der Waals surface area contributed by atoms with Gasteiger partial charge in [-0.2, -0.15) is 0 Å². The molecule has 1 aromatic heterocycles. The predicted molar refractivity (Wildman–Crippen MR) is 105 cm³/mol. The summed E-state index contributed by atoms with van der Waals surface area (Å²) in [5.41, 5.74) is -0.910. The van der Waals surface area contributed by atoms with Gasteiger partial charge in [-0.1, -0.05) is 6.92 Å². The van der Waals surface area contributed by atoms with E-state index in [1.165, 1.54) is 6.07 Å². The molecule has 0 amide bonds. The van der Waals surface area contributed by atoms with Crippen molar-refractivity contribution in [3.05, 3.63) is 34.2 Å². The van der Waals surface area contributed by atoms with Crippen LogP contribution in [0.3, 0.4) is 0 Å². The summed E-state index contributed by atoms with van der Waals surface area (Å²) in [6.45, 7) is 5.02. The summed E-state index contributed by atoms with van der Waals surface area (Å²) < 4.78 is 22.9. The molecule has 6 atom stereocenters. The third-order valence-electron chi connectivity index (χ3n) is 5.66. The van der Waals surface area contributed by atoms with E-state index in [2.05, 4.69) is 0 Å². The topological polar surface area (TPSA) is 139 Å². The summed E-state index contributed by atoms with van der Waals surface area (Å²) in [7, 11) is 0. The van der Waals surface area contributed by atoms with Crippen LogP contribution >= 0.6 is 0 Å². The molecule has 164 valence electrons. The van der Waals surface area contributed by atoms with Crippen LogP contribution in [0.15, 0.2) is 27.4 Å². The van der Waals surface area contributed by atoms with Crippen molar-refractivity contribution in [2.45, 2.75) is 76.0 Å². The Morgan fingerprint density at radius 3 is 2.57 bits per heavy atom. The molecular weight excluding hydrogens is 396 g/mol. The van der Waals surface area contributed by atoms with Crippen molar-refractivity contribution in [3.63, 3.8) is 0 Å². The zero-order valence-electron chi connectivity index (χ0n) is 16.9. The summed E-state index contributed by atoms with van der Waals surface area (Å²) in [5.74, 6) is 0.308. The molecule has 0 spiro atoms. The Labute approximate surface area is 172 Å². The van der Waals surface area contributed by atoms with E-state index in [-0.39, 0.29) is 17.1 Å². The van der Waals surface area contributed by atoms with Gasteiger partial charge in [-0.15, -0.1) is 0 Å². The van der Waals surface area contributed by atoms with Crippen LogP contribution in [0.5, 0.6) is 11.5 Å². The van der Waals surface area contributed by atoms with Crippen molar-refractivity contribution in [3.8, 4) is 11.5 Å². The first-order valence-corrected chi connectivity index (χ1v) is 9.95. The van der Waals surface area contributed by atoms with E-state index in [0.29, 0.717) is 18.2 Å². The summed E-state index contributed by atoms with van der Waals surface area (Å²) >= 11 is 0. The number of aliphatic hydroxyl groups excluding tert-OH is 3. The molecule has 0 saturated carbocycles. The minimum atomic E-state index is -1.55. The maximum absolute atomic E-state index is 11.9. The molecule has 30 heavy (non-hydrogen) atoms. The molecular formula is C21H26O9. The van der Waals surface area contributed by atoms with Crippen LogP contribution in [0.4, 0.5) is 0 Å². The Morgan fingerprint density at radius 1 is 1.17 bits per heavy atom. The van der Waals surface area contributed by atoms with Gasteiger partial charge in [0.15, 0.2) is 11.3 Å². The van der Waals surface area contributed by atoms with Gasteiger partial charge in [0.1, 0.15) is 24.4 Å². The molecule has 1 fully saturated rings. The van der Waals surface area contributed by atoms with Crippen molar-refractivity contribution in [2.24, 2.45) is 0 Å². The van der Waals surface area contributed by atoms with Crippen LogP contribution in [-0.4, -0.2) is 62.8 Å². The average Bonchev–Trinajstić information content (AvgIpc) is 3.12. The van der Waals surface area contributed by atoms with Crippen LogP contribution in [0.1, 0.15) is 32.8 Å². The number of aliphatic hydroxyl groups is 4. The molecule has 2 aliphatic rings. The molecule has 0 radical (unpaired) electrons. The first-order chi connectivity index (χ1) is 14.1. The zero-order valence-corrected chi connectivity index (χ0v) is 16.9. The highest BCUT2D eigenvalue weighted by molar-refractivity contribution is 5.87. The molecule has 3 heterocycles. The summed E-state index contributed by atoms with van der Waals surface area (Å²) in [5, 5.41) is 41.6. The first kappa shape index (κ1) is 21.1. The molecule has 1 aromatic carbocycles. The van der Waals surface area contributed by atoms with Crippen LogP contribution in [0.25, 0.3) is 11.0 Å². The van der Waals surface area contributed by atoms with Crippen LogP contribution in [0, 0.1) is 0 Å². The van der Waals surface area contributed by atoms with E-state index in [0.717, 1.165) is 5.56 Å². The molecule has 6 unspecified atom stereocenters. The van der Waals surface area contributed by atoms with Crippen molar-refractivity contribution in [1.29, 1.82) is 0 Å². The number of benzene rings is 1. The van der Waals surface area contributed by atoms with E-state index in [9.17, 15) is 25.2 Å². The fourth-order valence-electron chi connectivity index (χ4n) is 3.85. The Hall–Kier alpha value is -2.17. The number of hydrogen-bond acceptors (Lipinski definition) is 9. The minimum Gasteiger partial charge on any atom is -0.483 e. The van der Waals surface area contributed by atoms with E-state index in [1.807, 2.05) is 0 Å². The number of hydrogen-bond donors (Lipinski definition) is 4. The molecule has 9 heteroatoms. The lowest BCUT2D eigenvalue weighted by molar-refractivity contribution is -0.272. The second kappa shape index (κ2) is 7.51. The Morgan fingerprint density at radius 2 is 1.90 bits per heavy atom. The van der Waals surface area contributed by atoms with Gasteiger partial charge in [-0.3, -0.25) is 0 Å². The second-order valence-electron chi connectivity index (χ2n) is 8.37. The molecule has 0 aliphatic carbocycles. The number of fused-ring (bicyclic) bond motifs is 2. The highest BCUT2D eigenvalue weighted by atomic mass is 16.7. The van der Waals surface area contributed by atoms with Gasteiger partial charge in [0.2, 0.25) is 12.0 Å². The summed E-state index contributed by atoms with van der Waals surface area (Å²) in [6.07, 6.45) is -6.17. The number of rotatable bonds is 4. The maximum atomic E-state index is 11.9. The molecule has 2 aliphatic heterocycles. The zero-order chi connectivity index (χ0) is 21.8. The Balaban J connectivity index is 1.78. The Bertz CT molecular complexity index is 990. The van der Waals surface area contributed by atoms with Gasteiger partial charge in [0, 0.05) is 23.4 Å². The normalized spacial score (nSPS) is 31.4. The SMILES string of the molecule is CCC1OC(Oc2c3c(cc4ccc(=O)oc24)CC(C(C)(C)O)O3)C(O)C(O)C1O. The van der Waals surface area contributed by atoms with E-state index < -0.39 is 48.0 Å². The fraction of sp³-hybridized carbons (Fsp3) is 0.571. The fourth-order valence-corrected chi connectivity index (χ4v) is 3.85. The van der Waals surface area contributed by atoms with Gasteiger partial charge in [0.05, 0.1) is 11.7 Å². The molecule has 4 N–H and O–H groups in total. The van der Waals surface area contributed by atoms with Crippen LogP contribution in [0.2, 0.25) is 0 Å². The third-order valence-corrected chi connectivity index (χ3v) is 5.66. The second-order valence-corrected chi connectivity index (χ2v) is 8.37. The predicted octanol–water partition coefficient (Wildman–Crippen LogP) is 0.464. The standard InChI is InChI=1S/C21H26O9/c1-4-11-14(23)15(24)16(25)20(27-11)30-19-17-9(5-6-13(22)29-17)7-10-8-12(21(2,3)26)28-18(10)19/h5-7,11-12,14-16,20,23-26H,4,8H2,1-3H3. The van der Waals surface area contributed by atoms with Crippen LogP contribution in [-0.2, 0) is 11.2 Å². The lowest BCUT2D eigenvalue weighted by atomic mass is 9.96. The van der Waals surface area contributed by atoms with Gasteiger partial charge in [0.25, 0.3) is 0 Å². The van der Waals surface area contributed by atoms with Crippen molar-refractivity contribution in [1.82, 2.24) is 0 Å². The lowest BCUT2D eigenvalue weighted by Crippen LogP contribution is -2.58. The van der Waals surface area contributed by atoms with E-state index >= 15 is 0 Å². The Kier molecular flexibility index (Phi) is 5.27. The van der Waals surface area contributed by atoms with Crippen molar-refractivity contribution >= 4 is 11.0 Å². The largest absolute Gasteiger partial charge is 0.483 e. The minimum absolute atomic E-state index is 0.0365. The maximum Gasteiger partial charge on any atom is 0.336 e. The van der Waals surface area contributed by atoms with Crippen molar-refractivity contribution in [2.75, 3.05) is 0 Å². The molecule has 0 bridgehead atoms. The van der Waals surface area contributed by atoms with E-state index in [1.54, 1.807) is 32.9 Å². The molecule has 2 aromatic rings. The lowest BCUT2D eigenvalue weighted by Gasteiger charge is -2.40. The third kappa shape index (κ3) is 3.57. The van der Waals surface area contributed by atoms with E-state index in [4.69, 9.17) is 18.6 Å². The summed E-state index contributed by atoms with van der Waals surface area (Å²) in [4.78, 5) is 11.9. The number of ether oxygens (including phenoxy) is 3. The van der Waals surface area contributed by atoms with Gasteiger partial charge >= 0.3 is 5.63 Å². The summed E-state index contributed by atoms with van der Waals surface area (Å²) in [6, 6.07) is 4.65.